The second-order valence-electron chi connectivity index (χ2n) is 4.15. The molecule has 2 aromatic rings. The first kappa shape index (κ1) is 16.4. The zero-order valence-corrected chi connectivity index (χ0v) is 14.6. The minimum absolute atomic E-state index is 0.0202. The van der Waals surface area contributed by atoms with Crippen molar-refractivity contribution in [2.24, 2.45) is 0 Å². The van der Waals surface area contributed by atoms with Gasteiger partial charge >= 0.3 is 0 Å². The van der Waals surface area contributed by atoms with Crippen LogP contribution in [0, 0.1) is 6.92 Å². The predicted molar refractivity (Wildman–Crippen MR) is 88.4 cm³/mol. The minimum Gasteiger partial charge on any atom is -0.396 e. The highest BCUT2D eigenvalue weighted by molar-refractivity contribution is 9.10. The van der Waals surface area contributed by atoms with Crippen LogP contribution < -0.4 is 10.5 Å². The van der Waals surface area contributed by atoms with Gasteiger partial charge in [0.25, 0.3) is 10.0 Å². The van der Waals surface area contributed by atoms with E-state index in [9.17, 15) is 8.42 Å². The zero-order valence-electron chi connectivity index (χ0n) is 10.7. The molecule has 21 heavy (non-hydrogen) atoms. The molecule has 2 rings (SSSR count). The Morgan fingerprint density at radius 3 is 2.52 bits per heavy atom. The second kappa shape index (κ2) is 6.00. The van der Waals surface area contributed by atoms with Gasteiger partial charge in [-0.3, -0.25) is 4.72 Å². The van der Waals surface area contributed by atoms with Crippen molar-refractivity contribution in [1.29, 1.82) is 0 Å². The summed E-state index contributed by atoms with van der Waals surface area (Å²) < 4.78 is 27.8. The van der Waals surface area contributed by atoms with Crippen LogP contribution in [0.5, 0.6) is 0 Å². The van der Waals surface area contributed by atoms with Crippen molar-refractivity contribution >= 4 is 60.5 Å². The number of hydrogen-bond acceptors (Lipinski definition) is 4. The molecule has 112 valence electrons. The molecule has 0 spiro atoms. The second-order valence-corrected chi connectivity index (χ2v) is 7.39. The van der Waals surface area contributed by atoms with Crippen molar-refractivity contribution in [1.82, 2.24) is 4.98 Å². The molecule has 0 atom stereocenters. The first-order chi connectivity index (χ1) is 9.72. The quantitative estimate of drug-likeness (QED) is 0.594. The number of anilines is 2. The zero-order chi connectivity index (χ0) is 15.8. The summed E-state index contributed by atoms with van der Waals surface area (Å²) in [5, 5.41) is 0.0816. The molecule has 0 radical (unpaired) electrons. The van der Waals surface area contributed by atoms with Crippen LogP contribution in [0.3, 0.4) is 0 Å². The van der Waals surface area contributed by atoms with E-state index in [0.717, 1.165) is 0 Å². The van der Waals surface area contributed by atoms with Gasteiger partial charge in [0.05, 0.1) is 27.1 Å². The van der Waals surface area contributed by atoms with Crippen molar-refractivity contribution in [2.45, 2.75) is 11.8 Å². The van der Waals surface area contributed by atoms with Gasteiger partial charge in [0.1, 0.15) is 9.50 Å². The van der Waals surface area contributed by atoms with Crippen LogP contribution in [0.25, 0.3) is 0 Å². The van der Waals surface area contributed by atoms with Crippen molar-refractivity contribution in [3.8, 4) is 0 Å². The summed E-state index contributed by atoms with van der Waals surface area (Å²) in [6.07, 6.45) is 0. The van der Waals surface area contributed by atoms with Gasteiger partial charge < -0.3 is 5.73 Å². The lowest BCUT2D eigenvalue weighted by molar-refractivity contribution is 0.601. The third kappa shape index (κ3) is 3.42. The lowest BCUT2D eigenvalue weighted by Gasteiger charge is -2.12. The van der Waals surface area contributed by atoms with Crippen molar-refractivity contribution < 1.29 is 8.42 Å². The molecule has 0 fully saturated rings. The Hall–Kier alpha value is -1.02. The standard InChI is InChI=1S/C12H10BrCl2N3O2S/c1-6-8(3-5-10(13)17-6)18-21(19,20)9-4-2-7(14)12(16)11(9)15/h2-5,18H,16H2,1H3. The number of nitrogens with zero attached hydrogens (tertiary/aromatic N) is 1. The summed E-state index contributed by atoms with van der Waals surface area (Å²) in [6.45, 7) is 1.68. The maximum Gasteiger partial charge on any atom is 0.263 e. The number of sulfonamides is 1. The third-order valence-corrected chi connectivity index (χ3v) is 5.38. The van der Waals surface area contributed by atoms with Crippen molar-refractivity contribution in [3.05, 3.63) is 44.6 Å². The topological polar surface area (TPSA) is 85.1 Å². The summed E-state index contributed by atoms with van der Waals surface area (Å²) in [5.74, 6) is 0. The molecule has 0 aliphatic heterocycles. The average Bonchev–Trinajstić information content (AvgIpc) is 2.39. The van der Waals surface area contributed by atoms with Crippen LogP contribution >= 0.6 is 39.1 Å². The van der Waals surface area contributed by atoms with Gasteiger partial charge in [-0.05, 0) is 47.1 Å². The summed E-state index contributed by atoms with van der Waals surface area (Å²) in [4.78, 5) is 3.97. The SMILES string of the molecule is Cc1nc(Br)ccc1NS(=O)(=O)c1ccc(Cl)c(N)c1Cl. The van der Waals surface area contributed by atoms with Gasteiger partial charge in [-0.15, -0.1) is 0 Å². The number of pyridine rings is 1. The fourth-order valence-corrected chi connectivity index (χ4v) is 3.88. The molecule has 1 aromatic heterocycles. The van der Waals surface area contributed by atoms with Crippen LogP contribution in [0.4, 0.5) is 11.4 Å². The Morgan fingerprint density at radius 2 is 1.90 bits per heavy atom. The lowest BCUT2D eigenvalue weighted by Crippen LogP contribution is -2.15. The van der Waals surface area contributed by atoms with E-state index in [1.165, 1.54) is 12.1 Å². The van der Waals surface area contributed by atoms with Gasteiger partial charge in [0.15, 0.2) is 0 Å². The van der Waals surface area contributed by atoms with Crippen LogP contribution in [0.1, 0.15) is 5.69 Å². The first-order valence-electron chi connectivity index (χ1n) is 5.62. The summed E-state index contributed by atoms with van der Waals surface area (Å²) >= 11 is 15.0. The number of hydrogen-bond donors (Lipinski definition) is 2. The number of aromatic nitrogens is 1. The summed E-state index contributed by atoms with van der Waals surface area (Å²) in [6, 6.07) is 5.90. The molecular formula is C12H10BrCl2N3O2S. The maximum atomic E-state index is 12.4. The van der Waals surface area contributed by atoms with E-state index in [1.807, 2.05) is 0 Å². The molecule has 0 aliphatic rings. The number of benzene rings is 1. The van der Waals surface area contributed by atoms with E-state index in [-0.39, 0.29) is 20.6 Å². The minimum atomic E-state index is -3.89. The molecule has 0 unspecified atom stereocenters. The number of rotatable bonds is 3. The molecule has 0 amide bonds. The highest BCUT2D eigenvalue weighted by Gasteiger charge is 2.21. The molecule has 0 saturated carbocycles. The molecular weight excluding hydrogens is 401 g/mol. The molecule has 1 aromatic carbocycles. The average molecular weight is 411 g/mol. The fourth-order valence-electron chi connectivity index (χ4n) is 1.59. The first-order valence-corrected chi connectivity index (χ1v) is 8.65. The van der Waals surface area contributed by atoms with Crippen molar-refractivity contribution in [2.75, 3.05) is 10.5 Å². The molecule has 1 heterocycles. The Morgan fingerprint density at radius 1 is 1.24 bits per heavy atom. The monoisotopic (exact) mass is 409 g/mol. The highest BCUT2D eigenvalue weighted by atomic mass is 79.9. The van der Waals surface area contributed by atoms with Gasteiger partial charge in [-0.1, -0.05) is 23.2 Å². The molecule has 3 N–H and O–H groups in total. The highest BCUT2D eigenvalue weighted by Crippen LogP contribution is 2.34. The van der Waals surface area contributed by atoms with E-state index in [4.69, 9.17) is 28.9 Å². The van der Waals surface area contributed by atoms with Crippen LogP contribution in [0.2, 0.25) is 10.0 Å². The molecule has 0 aliphatic carbocycles. The molecule has 5 nitrogen and oxygen atoms in total. The van der Waals surface area contributed by atoms with E-state index >= 15 is 0 Å². The summed E-state index contributed by atoms with van der Waals surface area (Å²) in [5.41, 5.74) is 6.54. The predicted octanol–water partition coefficient (Wildman–Crippen LogP) is 3.84. The number of halogens is 3. The Balaban J connectivity index is 2.46. The molecule has 9 heteroatoms. The normalized spacial score (nSPS) is 11.4. The number of aryl methyl sites for hydroxylation is 1. The van der Waals surface area contributed by atoms with Gasteiger partial charge in [-0.2, -0.15) is 0 Å². The van der Waals surface area contributed by atoms with Crippen LogP contribution in [-0.2, 0) is 10.0 Å². The Labute approximate surface area is 140 Å². The van der Waals surface area contributed by atoms with Crippen molar-refractivity contribution in [3.63, 3.8) is 0 Å². The number of nitrogens with two attached hydrogens (primary N) is 1. The number of nitrogens with one attached hydrogen (secondary N) is 1. The van der Waals surface area contributed by atoms with Gasteiger partial charge in [0, 0.05) is 0 Å². The molecule has 0 saturated heterocycles. The van der Waals surface area contributed by atoms with Crippen LogP contribution in [0.15, 0.2) is 33.8 Å². The third-order valence-electron chi connectivity index (χ3n) is 2.68. The molecule has 0 bridgehead atoms. The van der Waals surface area contributed by atoms with Crippen LogP contribution in [-0.4, -0.2) is 13.4 Å². The van der Waals surface area contributed by atoms with Gasteiger partial charge in [-0.25, -0.2) is 13.4 Å². The largest absolute Gasteiger partial charge is 0.396 e. The van der Waals surface area contributed by atoms with E-state index in [1.54, 1.807) is 19.1 Å². The van der Waals surface area contributed by atoms with E-state index in [2.05, 4.69) is 25.6 Å². The fraction of sp³-hybridized carbons (Fsp3) is 0.0833. The smallest absolute Gasteiger partial charge is 0.263 e. The van der Waals surface area contributed by atoms with E-state index in [0.29, 0.717) is 16.0 Å². The van der Waals surface area contributed by atoms with E-state index < -0.39 is 10.0 Å². The maximum absolute atomic E-state index is 12.4. The lowest BCUT2D eigenvalue weighted by atomic mass is 10.3. The summed E-state index contributed by atoms with van der Waals surface area (Å²) in [7, 11) is -3.89. The number of nitrogen functional groups attached to an aromatic ring is 1. The Kier molecular flexibility index (Phi) is 4.67. The Bertz CT molecular complexity index is 812. The van der Waals surface area contributed by atoms with Gasteiger partial charge in [0.2, 0.25) is 0 Å².